The molecule has 0 fully saturated rings. The summed E-state index contributed by atoms with van der Waals surface area (Å²) < 4.78 is 26.2. The molecule has 7 heteroatoms. The summed E-state index contributed by atoms with van der Waals surface area (Å²) in [7, 11) is -3.74. The molecule has 1 aromatic carbocycles. The number of anilines is 1. The van der Waals surface area contributed by atoms with E-state index in [1.165, 1.54) is 12.1 Å². The Morgan fingerprint density at radius 1 is 1.19 bits per heavy atom. The maximum absolute atomic E-state index is 12.5. The highest BCUT2D eigenvalue weighted by molar-refractivity contribution is 7.89. The lowest BCUT2D eigenvalue weighted by Gasteiger charge is -2.20. The second kappa shape index (κ2) is 7.63. The lowest BCUT2D eigenvalue weighted by molar-refractivity contribution is 0.425. The Morgan fingerprint density at radius 3 is 2.19 bits per heavy atom. The molecule has 1 aromatic rings. The molecule has 21 heavy (non-hydrogen) atoms. The van der Waals surface area contributed by atoms with Crippen molar-refractivity contribution in [2.75, 3.05) is 18.8 Å². The van der Waals surface area contributed by atoms with Crippen LogP contribution in [0.4, 0.5) is 5.69 Å². The molecule has 0 aromatic heterocycles. The van der Waals surface area contributed by atoms with Gasteiger partial charge in [-0.3, -0.25) is 0 Å². The molecule has 0 aliphatic rings. The largest absolute Gasteiger partial charge is 0.398 e. The SMILES string of the molecule is CCc1ccc(S(=O)(=O)N(CCC#N)CCC#N)cc1N. The highest BCUT2D eigenvalue weighted by Crippen LogP contribution is 2.22. The van der Waals surface area contributed by atoms with Gasteiger partial charge in [-0.25, -0.2) is 8.42 Å². The number of rotatable bonds is 7. The topological polar surface area (TPSA) is 111 Å². The molecule has 2 N–H and O–H groups in total. The van der Waals surface area contributed by atoms with Crippen molar-refractivity contribution in [3.05, 3.63) is 23.8 Å². The van der Waals surface area contributed by atoms with E-state index in [0.717, 1.165) is 16.3 Å². The average Bonchev–Trinajstić information content (AvgIpc) is 2.47. The summed E-state index contributed by atoms with van der Waals surface area (Å²) in [5.41, 5.74) is 7.15. The Bertz CT molecular complexity index is 653. The molecule has 0 amide bonds. The summed E-state index contributed by atoms with van der Waals surface area (Å²) in [5, 5.41) is 17.3. The van der Waals surface area contributed by atoms with Gasteiger partial charge >= 0.3 is 0 Å². The van der Waals surface area contributed by atoms with Crippen molar-refractivity contribution in [2.45, 2.75) is 31.1 Å². The van der Waals surface area contributed by atoms with E-state index in [-0.39, 0.29) is 30.8 Å². The first-order valence-corrected chi connectivity index (χ1v) is 8.03. The maximum atomic E-state index is 12.5. The van der Waals surface area contributed by atoms with E-state index in [4.69, 9.17) is 16.3 Å². The summed E-state index contributed by atoms with van der Waals surface area (Å²) in [6.07, 6.45) is 0.874. The van der Waals surface area contributed by atoms with Crippen LogP contribution in [0, 0.1) is 22.7 Å². The number of nitrogen functional groups attached to an aromatic ring is 1. The van der Waals surface area contributed by atoms with Gasteiger partial charge in [-0.2, -0.15) is 14.8 Å². The fraction of sp³-hybridized carbons (Fsp3) is 0.429. The number of aryl methyl sites for hydroxylation is 1. The molecule has 0 saturated carbocycles. The Kier molecular flexibility index (Phi) is 6.16. The van der Waals surface area contributed by atoms with Gasteiger partial charge in [0.15, 0.2) is 0 Å². The highest BCUT2D eigenvalue weighted by atomic mass is 32.2. The minimum absolute atomic E-state index is 0.0654. The second-order valence-electron chi connectivity index (χ2n) is 4.43. The van der Waals surface area contributed by atoms with Crippen molar-refractivity contribution >= 4 is 15.7 Å². The molecule has 0 saturated heterocycles. The molecule has 1 rings (SSSR count). The minimum atomic E-state index is -3.74. The van der Waals surface area contributed by atoms with Crippen molar-refractivity contribution in [3.63, 3.8) is 0 Å². The van der Waals surface area contributed by atoms with Crippen LogP contribution in [0.3, 0.4) is 0 Å². The third kappa shape index (κ3) is 4.19. The number of nitriles is 2. The van der Waals surface area contributed by atoms with Gasteiger partial charge in [-0.1, -0.05) is 13.0 Å². The lowest BCUT2D eigenvalue weighted by atomic mass is 10.1. The van der Waals surface area contributed by atoms with Crippen LogP contribution in [-0.2, 0) is 16.4 Å². The van der Waals surface area contributed by atoms with Crippen LogP contribution in [0.5, 0.6) is 0 Å². The Hall–Kier alpha value is -2.09. The predicted molar refractivity (Wildman–Crippen MR) is 79.5 cm³/mol. The Morgan fingerprint density at radius 2 is 1.76 bits per heavy atom. The summed E-state index contributed by atoms with van der Waals surface area (Å²) in [4.78, 5) is 0.0908. The zero-order valence-corrected chi connectivity index (χ0v) is 12.7. The summed E-state index contributed by atoms with van der Waals surface area (Å²) in [5.74, 6) is 0. The van der Waals surface area contributed by atoms with Gasteiger partial charge in [0.25, 0.3) is 0 Å². The summed E-state index contributed by atoms with van der Waals surface area (Å²) >= 11 is 0. The van der Waals surface area contributed by atoms with Crippen molar-refractivity contribution < 1.29 is 8.42 Å². The van der Waals surface area contributed by atoms with Gasteiger partial charge in [0.2, 0.25) is 10.0 Å². The highest BCUT2D eigenvalue weighted by Gasteiger charge is 2.24. The zero-order chi connectivity index (χ0) is 15.9. The van der Waals surface area contributed by atoms with Crippen LogP contribution in [-0.4, -0.2) is 25.8 Å². The monoisotopic (exact) mass is 306 g/mol. The van der Waals surface area contributed by atoms with Crippen LogP contribution in [0.25, 0.3) is 0 Å². The lowest BCUT2D eigenvalue weighted by Crippen LogP contribution is -2.33. The molecule has 0 aliphatic carbocycles. The molecule has 6 nitrogen and oxygen atoms in total. The zero-order valence-electron chi connectivity index (χ0n) is 11.9. The van der Waals surface area contributed by atoms with Crippen molar-refractivity contribution in [3.8, 4) is 12.1 Å². The first kappa shape index (κ1) is 17.0. The van der Waals surface area contributed by atoms with Crippen LogP contribution < -0.4 is 5.73 Å². The normalized spacial score (nSPS) is 11.0. The number of sulfonamides is 1. The predicted octanol–water partition coefficient (Wildman–Crippen LogP) is 1.65. The van der Waals surface area contributed by atoms with E-state index in [1.54, 1.807) is 6.07 Å². The summed E-state index contributed by atoms with van der Waals surface area (Å²) in [6, 6.07) is 8.46. The first-order valence-electron chi connectivity index (χ1n) is 6.59. The molecule has 0 atom stereocenters. The van der Waals surface area contributed by atoms with Crippen LogP contribution in [0.15, 0.2) is 23.1 Å². The average molecular weight is 306 g/mol. The van der Waals surface area contributed by atoms with Crippen LogP contribution in [0.1, 0.15) is 25.3 Å². The minimum Gasteiger partial charge on any atom is -0.398 e. The van der Waals surface area contributed by atoms with Crippen molar-refractivity contribution in [1.82, 2.24) is 4.31 Å². The first-order chi connectivity index (χ1) is 9.97. The number of hydrogen-bond acceptors (Lipinski definition) is 5. The molecular formula is C14H18N4O2S. The molecular weight excluding hydrogens is 288 g/mol. The van der Waals surface area contributed by atoms with Gasteiger partial charge in [-0.15, -0.1) is 0 Å². The second-order valence-corrected chi connectivity index (χ2v) is 6.37. The number of hydrogen-bond donors (Lipinski definition) is 1. The number of nitrogens with zero attached hydrogens (tertiary/aromatic N) is 3. The fourth-order valence-corrected chi connectivity index (χ4v) is 3.38. The van der Waals surface area contributed by atoms with Crippen molar-refractivity contribution in [1.29, 1.82) is 10.5 Å². The van der Waals surface area contributed by atoms with Gasteiger partial charge in [0.1, 0.15) is 0 Å². The van der Waals surface area contributed by atoms with Crippen LogP contribution in [0.2, 0.25) is 0 Å². The number of benzene rings is 1. The smallest absolute Gasteiger partial charge is 0.243 e. The maximum Gasteiger partial charge on any atom is 0.243 e. The molecule has 0 unspecified atom stereocenters. The van der Waals surface area contributed by atoms with Crippen molar-refractivity contribution in [2.24, 2.45) is 0 Å². The molecule has 0 spiro atoms. The molecule has 0 bridgehead atoms. The van der Waals surface area contributed by atoms with E-state index < -0.39 is 10.0 Å². The fourth-order valence-electron chi connectivity index (χ4n) is 1.91. The molecule has 0 radical (unpaired) electrons. The van der Waals surface area contributed by atoms with Gasteiger partial charge in [-0.05, 0) is 24.1 Å². The Balaban J connectivity index is 3.13. The molecule has 0 aliphatic heterocycles. The quantitative estimate of drug-likeness (QED) is 0.770. The third-order valence-corrected chi connectivity index (χ3v) is 4.98. The molecule has 0 heterocycles. The van der Waals surface area contributed by atoms with E-state index in [2.05, 4.69) is 0 Å². The summed E-state index contributed by atoms with van der Waals surface area (Å²) in [6.45, 7) is 2.07. The van der Waals surface area contributed by atoms with Gasteiger partial charge in [0, 0.05) is 31.6 Å². The van der Waals surface area contributed by atoms with Gasteiger partial charge in [0.05, 0.1) is 17.0 Å². The Labute approximate surface area is 125 Å². The van der Waals surface area contributed by atoms with E-state index in [1.807, 2.05) is 19.1 Å². The number of nitrogens with two attached hydrogens (primary N) is 1. The molecule has 112 valence electrons. The van der Waals surface area contributed by atoms with Gasteiger partial charge < -0.3 is 5.73 Å². The van der Waals surface area contributed by atoms with E-state index in [0.29, 0.717) is 5.69 Å². The van der Waals surface area contributed by atoms with E-state index >= 15 is 0 Å². The van der Waals surface area contributed by atoms with E-state index in [9.17, 15) is 8.42 Å². The van der Waals surface area contributed by atoms with Crippen LogP contribution >= 0.6 is 0 Å². The standard InChI is InChI=1S/C14H18N4O2S/c1-2-12-5-6-13(11-14(12)17)21(19,20)18(9-3-7-15)10-4-8-16/h5-6,11H,2-4,9-10,17H2,1H3. The third-order valence-electron chi connectivity index (χ3n) is 3.08.